The first kappa shape index (κ1) is 14.2. The zero-order chi connectivity index (χ0) is 13.6. The minimum absolute atomic E-state index is 0. The van der Waals surface area contributed by atoms with Crippen LogP contribution in [0.15, 0.2) is 66.9 Å². The van der Waals surface area contributed by atoms with Crippen LogP contribution in [0.1, 0.15) is 23.6 Å². The number of rotatable bonds is 1. The molecule has 0 saturated heterocycles. The van der Waals surface area contributed by atoms with Crippen molar-refractivity contribution >= 4 is 0 Å². The molecule has 105 valence electrons. The molecular weight excluding hydrogens is 434 g/mol. The normalized spacial score (nSPS) is 18.5. The Morgan fingerprint density at radius 1 is 0.905 bits per heavy atom. The molecule has 4 rings (SSSR count). The Morgan fingerprint density at radius 2 is 1.67 bits per heavy atom. The number of aromatic nitrogens is 1. The van der Waals surface area contributed by atoms with Gasteiger partial charge in [0.05, 0.1) is 0 Å². The summed E-state index contributed by atoms with van der Waals surface area (Å²) >= 11 is 0. The van der Waals surface area contributed by atoms with Crippen LogP contribution in [0.5, 0.6) is 0 Å². The predicted octanol–water partition coefficient (Wildman–Crippen LogP) is 4.21. The summed E-state index contributed by atoms with van der Waals surface area (Å²) < 4.78 is 0. The maximum Gasteiger partial charge on any atom is 0.0160 e. The topological polar surface area (TPSA) is 12.9 Å². The van der Waals surface area contributed by atoms with E-state index < -0.39 is 0 Å². The molecule has 0 N–H and O–H groups in total. The first-order valence-corrected chi connectivity index (χ1v) is 6.84. The Kier molecular flexibility index (Phi) is 3.52. The molecule has 1 nitrogen and oxygen atoms in total. The number of fused-ring (bicyclic) bond motifs is 3. The summed E-state index contributed by atoms with van der Waals surface area (Å²) in [5.74, 6) is 0. The Hall–Kier alpha value is -1.76. The second-order valence-corrected chi connectivity index (χ2v) is 5.35. The van der Waals surface area contributed by atoms with Crippen molar-refractivity contribution in [2.45, 2.75) is 12.3 Å². The molecule has 1 aromatic heterocycles. The van der Waals surface area contributed by atoms with Gasteiger partial charge in [0.2, 0.25) is 0 Å². The Bertz CT molecular complexity index is 735. The van der Waals surface area contributed by atoms with E-state index in [0.717, 1.165) is 11.3 Å². The smallest absolute Gasteiger partial charge is 0.0160 e. The Labute approximate surface area is 138 Å². The van der Waals surface area contributed by atoms with Crippen LogP contribution < -0.4 is 0 Å². The second kappa shape index (κ2) is 5.22. The van der Waals surface area contributed by atoms with Crippen molar-refractivity contribution in [1.82, 2.24) is 4.98 Å². The van der Waals surface area contributed by atoms with Gasteiger partial charge in [-0.25, -0.2) is 0 Å². The monoisotopic (exact) mass is 449 g/mol. The van der Waals surface area contributed by atoms with Gasteiger partial charge in [0, 0.05) is 31.7 Å². The molecule has 2 aromatic carbocycles. The van der Waals surface area contributed by atoms with E-state index in [4.69, 9.17) is 0 Å². The van der Waals surface area contributed by atoms with Gasteiger partial charge >= 0.3 is 0 Å². The third kappa shape index (κ3) is 1.91. The van der Waals surface area contributed by atoms with Crippen molar-refractivity contribution in [2.75, 3.05) is 0 Å². The molecule has 0 fully saturated rings. The number of pyridine rings is 1. The third-order valence-corrected chi connectivity index (χ3v) is 4.33. The van der Waals surface area contributed by atoms with E-state index in [9.17, 15) is 0 Å². The molecule has 2 heteroatoms. The fourth-order valence-corrected chi connectivity index (χ4v) is 3.29. The summed E-state index contributed by atoms with van der Waals surface area (Å²) in [7, 11) is 0. The van der Waals surface area contributed by atoms with Crippen LogP contribution in [-0.4, -0.2) is 4.98 Å². The van der Waals surface area contributed by atoms with Gasteiger partial charge in [-0.05, 0) is 17.3 Å². The van der Waals surface area contributed by atoms with E-state index in [1.54, 1.807) is 0 Å². The molecule has 1 unspecified atom stereocenters. The summed E-state index contributed by atoms with van der Waals surface area (Å²) in [6, 6.07) is 24.4. The number of hydrogen-bond acceptors (Lipinski definition) is 1. The van der Waals surface area contributed by atoms with Gasteiger partial charge in [-0.3, -0.25) is 0 Å². The molecule has 0 aliphatic heterocycles. The van der Waals surface area contributed by atoms with E-state index in [1.807, 2.05) is 18.3 Å². The summed E-state index contributed by atoms with van der Waals surface area (Å²) in [6.07, 6.45) is 1.86. The Morgan fingerprint density at radius 3 is 2.48 bits per heavy atom. The molecule has 1 radical (unpaired) electrons. The largest absolute Gasteiger partial charge is 0.304 e. The molecule has 3 aromatic rings. The van der Waals surface area contributed by atoms with Crippen molar-refractivity contribution in [3.8, 4) is 11.3 Å². The first-order valence-electron chi connectivity index (χ1n) is 6.84. The van der Waals surface area contributed by atoms with E-state index in [1.165, 1.54) is 16.7 Å². The van der Waals surface area contributed by atoms with Crippen LogP contribution in [0, 0.1) is 6.07 Å². The molecule has 0 spiro atoms. The fraction of sp³-hybridized carbons (Fsp3) is 0.105. The third-order valence-electron chi connectivity index (χ3n) is 4.33. The maximum atomic E-state index is 4.59. The van der Waals surface area contributed by atoms with Gasteiger partial charge in [0.25, 0.3) is 0 Å². The SMILES string of the molecule is CC1(c2ccccc2)c2ccc[c-]c2-c2ncccc21.[Ir]. The Balaban J connectivity index is 0.00000132. The van der Waals surface area contributed by atoms with Crippen LogP contribution >= 0.6 is 0 Å². The molecule has 0 saturated carbocycles. The fourth-order valence-electron chi connectivity index (χ4n) is 3.29. The summed E-state index contributed by atoms with van der Waals surface area (Å²) in [4.78, 5) is 4.59. The van der Waals surface area contributed by atoms with Gasteiger partial charge in [0.1, 0.15) is 0 Å². The quantitative estimate of drug-likeness (QED) is 0.508. The van der Waals surface area contributed by atoms with E-state index >= 15 is 0 Å². The standard InChI is InChI=1S/C19H14N.Ir/c1-19(14-8-3-2-4-9-14)16-11-6-5-10-15(16)18-17(19)12-7-13-20-18;/h2-9,11-13H,1H3;/q-1;. The van der Waals surface area contributed by atoms with E-state index in [2.05, 4.69) is 66.5 Å². The summed E-state index contributed by atoms with van der Waals surface area (Å²) in [6.45, 7) is 2.28. The van der Waals surface area contributed by atoms with Crippen LogP contribution in [0.25, 0.3) is 11.3 Å². The molecule has 21 heavy (non-hydrogen) atoms. The van der Waals surface area contributed by atoms with Gasteiger partial charge in [-0.1, -0.05) is 48.9 Å². The minimum atomic E-state index is -0.141. The second-order valence-electron chi connectivity index (χ2n) is 5.35. The van der Waals surface area contributed by atoms with Crippen LogP contribution in [0.4, 0.5) is 0 Å². The average molecular weight is 449 g/mol. The molecule has 1 atom stereocenters. The molecule has 1 heterocycles. The van der Waals surface area contributed by atoms with Crippen LogP contribution in [0.2, 0.25) is 0 Å². The van der Waals surface area contributed by atoms with Crippen molar-refractivity contribution < 1.29 is 20.1 Å². The summed E-state index contributed by atoms with van der Waals surface area (Å²) in [5, 5.41) is 0. The van der Waals surface area contributed by atoms with E-state index in [0.29, 0.717) is 0 Å². The van der Waals surface area contributed by atoms with Crippen molar-refractivity contribution in [1.29, 1.82) is 0 Å². The zero-order valence-corrected chi connectivity index (χ0v) is 14.0. The number of nitrogens with zero attached hydrogens (tertiary/aromatic N) is 1. The zero-order valence-electron chi connectivity index (χ0n) is 11.6. The molecule has 1 aliphatic carbocycles. The first-order chi connectivity index (χ1) is 9.82. The van der Waals surface area contributed by atoms with E-state index in [-0.39, 0.29) is 25.5 Å². The molecule has 0 bridgehead atoms. The number of hydrogen-bond donors (Lipinski definition) is 0. The molecular formula is C19H14IrN-. The van der Waals surface area contributed by atoms with Crippen molar-refractivity contribution in [2.24, 2.45) is 0 Å². The maximum absolute atomic E-state index is 4.59. The molecule has 0 amide bonds. The van der Waals surface area contributed by atoms with Crippen LogP contribution in [0.3, 0.4) is 0 Å². The minimum Gasteiger partial charge on any atom is -0.304 e. The van der Waals surface area contributed by atoms with Crippen molar-refractivity contribution in [3.63, 3.8) is 0 Å². The van der Waals surface area contributed by atoms with Crippen LogP contribution in [-0.2, 0) is 25.5 Å². The summed E-state index contributed by atoms with van der Waals surface area (Å²) in [5.41, 5.74) is 5.91. The molecule has 1 aliphatic rings. The van der Waals surface area contributed by atoms with Gasteiger partial charge in [-0.15, -0.1) is 35.4 Å². The number of benzene rings is 2. The van der Waals surface area contributed by atoms with Crippen molar-refractivity contribution in [3.05, 3.63) is 89.6 Å². The van der Waals surface area contributed by atoms with Gasteiger partial charge in [0.15, 0.2) is 0 Å². The van der Waals surface area contributed by atoms with Gasteiger partial charge in [-0.2, -0.15) is 0 Å². The predicted molar refractivity (Wildman–Crippen MR) is 80.5 cm³/mol. The average Bonchev–Trinajstić information content (AvgIpc) is 2.80. The van der Waals surface area contributed by atoms with Gasteiger partial charge < -0.3 is 4.98 Å².